The third kappa shape index (κ3) is 2.90. The predicted octanol–water partition coefficient (Wildman–Crippen LogP) is 3.03. The van der Waals surface area contributed by atoms with Crippen molar-refractivity contribution in [2.45, 2.75) is 19.8 Å². The van der Waals surface area contributed by atoms with E-state index in [1.54, 1.807) is 24.1 Å². The molecule has 0 fully saturated rings. The highest BCUT2D eigenvalue weighted by Gasteiger charge is 2.22. The molecule has 7 nitrogen and oxygen atoms in total. The average molecular weight is 345 g/mol. The maximum absolute atomic E-state index is 12.7. The van der Waals surface area contributed by atoms with Gasteiger partial charge in [-0.2, -0.15) is 10.2 Å². The second-order valence-electron chi connectivity index (χ2n) is 5.62. The van der Waals surface area contributed by atoms with Crippen molar-refractivity contribution in [3.63, 3.8) is 0 Å². The Hall–Kier alpha value is -2.67. The Morgan fingerprint density at radius 2 is 2.04 bits per heavy atom. The van der Waals surface area contributed by atoms with E-state index in [2.05, 4.69) is 20.5 Å². The number of carbonyl (C=O) groups is 1. The summed E-state index contributed by atoms with van der Waals surface area (Å²) in [6.45, 7) is 4.01. The number of aromatic nitrogens is 5. The molecule has 0 aromatic carbocycles. The molecule has 3 aromatic rings. The van der Waals surface area contributed by atoms with E-state index in [-0.39, 0.29) is 11.8 Å². The van der Waals surface area contributed by atoms with Crippen LogP contribution in [0.5, 0.6) is 0 Å². The van der Waals surface area contributed by atoms with Crippen molar-refractivity contribution in [3.05, 3.63) is 53.2 Å². The molecule has 24 heavy (non-hydrogen) atoms. The molecule has 3 aromatic heterocycles. The summed E-state index contributed by atoms with van der Waals surface area (Å²) in [5.74, 6) is 0.468. The molecule has 0 aliphatic rings. The Morgan fingerprint density at radius 1 is 1.25 bits per heavy atom. The van der Waals surface area contributed by atoms with Crippen molar-refractivity contribution < 1.29 is 4.79 Å². The first-order valence-corrected chi connectivity index (χ1v) is 7.85. The number of nitrogens with one attached hydrogen (secondary N) is 1. The lowest BCUT2D eigenvalue weighted by Crippen LogP contribution is -2.15. The quantitative estimate of drug-likeness (QED) is 0.789. The van der Waals surface area contributed by atoms with E-state index < -0.39 is 0 Å². The number of halogens is 1. The lowest BCUT2D eigenvalue weighted by Gasteiger charge is -2.12. The number of amides is 1. The Kier molecular flexibility index (Phi) is 4.35. The van der Waals surface area contributed by atoms with Crippen LogP contribution in [0, 0.1) is 0 Å². The molecule has 0 aliphatic carbocycles. The summed E-state index contributed by atoms with van der Waals surface area (Å²) < 4.78 is 3.17. The van der Waals surface area contributed by atoms with E-state index in [4.69, 9.17) is 11.6 Å². The fraction of sp³-hybridized carbons (Fsp3) is 0.250. The second-order valence-corrected chi connectivity index (χ2v) is 5.98. The molecule has 0 spiro atoms. The van der Waals surface area contributed by atoms with Crippen LogP contribution in [-0.2, 0) is 7.05 Å². The summed E-state index contributed by atoms with van der Waals surface area (Å²) in [4.78, 5) is 17.0. The minimum Gasteiger partial charge on any atom is -0.318 e. The van der Waals surface area contributed by atoms with Gasteiger partial charge in [0.15, 0.2) is 5.82 Å². The van der Waals surface area contributed by atoms with Crippen LogP contribution in [0.1, 0.15) is 35.8 Å². The molecule has 0 bridgehead atoms. The first-order chi connectivity index (χ1) is 11.5. The number of pyridine rings is 1. The number of hydrogen-bond donors (Lipinski definition) is 1. The number of nitrogens with zero attached hydrogens (tertiary/aromatic N) is 5. The smallest absolute Gasteiger partial charge is 0.259 e. The summed E-state index contributed by atoms with van der Waals surface area (Å²) in [6, 6.07) is 5.56. The van der Waals surface area contributed by atoms with Crippen molar-refractivity contribution in [2.24, 2.45) is 7.05 Å². The molecule has 0 saturated heterocycles. The SMILES string of the molecule is CC(C)c1c(C(=O)Nc2cnn(C)c2Cl)cnn1-c1ccccn1. The molecule has 8 heteroatoms. The average Bonchev–Trinajstić information content (AvgIpc) is 3.15. The third-order valence-corrected chi connectivity index (χ3v) is 4.03. The molecule has 0 radical (unpaired) electrons. The fourth-order valence-corrected chi connectivity index (χ4v) is 2.59. The van der Waals surface area contributed by atoms with Gasteiger partial charge in [0.05, 0.1) is 29.3 Å². The number of rotatable bonds is 4. The molecule has 0 unspecified atom stereocenters. The van der Waals surface area contributed by atoms with Gasteiger partial charge in [-0.3, -0.25) is 9.48 Å². The monoisotopic (exact) mass is 344 g/mol. The normalized spacial score (nSPS) is 11.0. The fourth-order valence-electron chi connectivity index (χ4n) is 2.45. The Bertz CT molecular complexity index is 868. The van der Waals surface area contributed by atoms with Gasteiger partial charge in [0.1, 0.15) is 5.15 Å². The highest BCUT2D eigenvalue weighted by Crippen LogP contribution is 2.25. The van der Waals surface area contributed by atoms with Crippen molar-refractivity contribution in [1.29, 1.82) is 0 Å². The molecule has 1 N–H and O–H groups in total. The van der Waals surface area contributed by atoms with Crippen LogP contribution in [0.25, 0.3) is 5.82 Å². The van der Waals surface area contributed by atoms with Crippen LogP contribution >= 0.6 is 11.6 Å². The van der Waals surface area contributed by atoms with Crippen LogP contribution in [0.2, 0.25) is 5.15 Å². The van der Waals surface area contributed by atoms with Crippen molar-refractivity contribution in [3.8, 4) is 5.82 Å². The lowest BCUT2D eigenvalue weighted by molar-refractivity contribution is 0.102. The molecular formula is C16H17ClN6O. The lowest BCUT2D eigenvalue weighted by atomic mass is 10.1. The van der Waals surface area contributed by atoms with Crippen molar-refractivity contribution in [1.82, 2.24) is 24.5 Å². The summed E-state index contributed by atoms with van der Waals surface area (Å²) in [6.07, 6.45) is 4.75. The largest absolute Gasteiger partial charge is 0.318 e. The number of anilines is 1. The molecule has 0 saturated carbocycles. The van der Waals surface area contributed by atoms with E-state index in [0.717, 1.165) is 5.69 Å². The van der Waals surface area contributed by atoms with Gasteiger partial charge < -0.3 is 5.32 Å². The van der Waals surface area contributed by atoms with E-state index in [9.17, 15) is 4.79 Å². The predicted molar refractivity (Wildman–Crippen MR) is 91.6 cm³/mol. The topological polar surface area (TPSA) is 77.6 Å². The minimum absolute atomic E-state index is 0.0830. The highest BCUT2D eigenvalue weighted by molar-refractivity contribution is 6.32. The van der Waals surface area contributed by atoms with Gasteiger partial charge in [-0.25, -0.2) is 9.67 Å². The van der Waals surface area contributed by atoms with Gasteiger partial charge in [-0.1, -0.05) is 31.5 Å². The first-order valence-electron chi connectivity index (χ1n) is 7.47. The highest BCUT2D eigenvalue weighted by atomic mass is 35.5. The van der Waals surface area contributed by atoms with E-state index in [1.165, 1.54) is 10.9 Å². The molecule has 3 heterocycles. The van der Waals surface area contributed by atoms with Gasteiger partial charge >= 0.3 is 0 Å². The van der Waals surface area contributed by atoms with Gasteiger partial charge in [-0.05, 0) is 18.1 Å². The molecule has 3 rings (SSSR count). The van der Waals surface area contributed by atoms with Crippen molar-refractivity contribution >= 4 is 23.2 Å². The summed E-state index contributed by atoms with van der Waals surface area (Å²) in [7, 11) is 1.70. The van der Waals surface area contributed by atoms with Gasteiger partial charge in [0, 0.05) is 13.2 Å². The maximum Gasteiger partial charge on any atom is 0.259 e. The molecular weight excluding hydrogens is 328 g/mol. The van der Waals surface area contributed by atoms with Crippen LogP contribution in [0.3, 0.4) is 0 Å². The second kappa shape index (κ2) is 6.45. The molecule has 0 aliphatic heterocycles. The van der Waals surface area contributed by atoms with Gasteiger partial charge in [0.2, 0.25) is 0 Å². The van der Waals surface area contributed by atoms with Crippen LogP contribution in [0.4, 0.5) is 5.69 Å². The summed E-state index contributed by atoms with van der Waals surface area (Å²) in [5.41, 5.74) is 1.73. The van der Waals surface area contributed by atoms with Gasteiger partial charge in [-0.15, -0.1) is 0 Å². The zero-order chi connectivity index (χ0) is 17.3. The standard InChI is InChI=1S/C16H17ClN6O/c1-10(2)14-11(8-20-23(14)13-6-4-5-7-18-13)16(24)21-12-9-19-22(3)15(12)17/h4-10H,1-3H3,(H,21,24). The van der Waals surface area contributed by atoms with E-state index in [0.29, 0.717) is 22.2 Å². The maximum atomic E-state index is 12.7. The van der Waals surface area contributed by atoms with E-state index >= 15 is 0 Å². The summed E-state index contributed by atoms with van der Waals surface area (Å²) in [5, 5.41) is 11.5. The number of carbonyl (C=O) groups excluding carboxylic acids is 1. The van der Waals surface area contributed by atoms with Gasteiger partial charge in [0.25, 0.3) is 5.91 Å². The zero-order valence-electron chi connectivity index (χ0n) is 13.6. The van der Waals surface area contributed by atoms with E-state index in [1.807, 2.05) is 32.0 Å². The first kappa shape index (κ1) is 16.2. The summed E-state index contributed by atoms with van der Waals surface area (Å²) >= 11 is 6.10. The third-order valence-electron chi connectivity index (χ3n) is 3.58. The zero-order valence-corrected chi connectivity index (χ0v) is 14.3. The number of hydrogen-bond acceptors (Lipinski definition) is 4. The van der Waals surface area contributed by atoms with Crippen molar-refractivity contribution in [2.75, 3.05) is 5.32 Å². The minimum atomic E-state index is -0.282. The molecule has 1 amide bonds. The Morgan fingerprint density at radius 3 is 2.62 bits per heavy atom. The number of aryl methyl sites for hydroxylation is 1. The van der Waals surface area contributed by atoms with Crippen LogP contribution < -0.4 is 5.32 Å². The Labute approximate surface area is 144 Å². The molecule has 124 valence electrons. The molecule has 0 atom stereocenters. The van der Waals surface area contributed by atoms with Crippen LogP contribution in [0.15, 0.2) is 36.8 Å². The Balaban J connectivity index is 1.98. The van der Waals surface area contributed by atoms with Crippen LogP contribution in [-0.4, -0.2) is 30.5 Å².